The molecule has 1 saturated carbocycles. The molecule has 0 atom stereocenters. The molecule has 4 aromatic rings. The summed E-state index contributed by atoms with van der Waals surface area (Å²) in [5, 5.41) is 13.1. The summed E-state index contributed by atoms with van der Waals surface area (Å²) in [4.78, 5) is 28.5. The summed E-state index contributed by atoms with van der Waals surface area (Å²) in [5.41, 5.74) is 2.22. The lowest BCUT2D eigenvalue weighted by molar-refractivity contribution is -0.119. The second-order valence-corrected chi connectivity index (χ2v) is 8.56. The van der Waals surface area contributed by atoms with Gasteiger partial charge in [-0.2, -0.15) is 0 Å². The maximum absolute atomic E-state index is 12.2. The van der Waals surface area contributed by atoms with Crippen LogP contribution in [0.15, 0.2) is 72.9 Å². The number of hydrogen-bond acceptors (Lipinski definition) is 6. The number of ether oxygens (including phenoxy) is 1. The van der Waals surface area contributed by atoms with E-state index < -0.39 is 0 Å². The van der Waals surface area contributed by atoms with Gasteiger partial charge in [0.15, 0.2) is 16.6 Å². The van der Waals surface area contributed by atoms with Crippen molar-refractivity contribution in [3.63, 3.8) is 0 Å². The quantitative estimate of drug-likeness (QED) is 0.340. The maximum atomic E-state index is 12.2. The second kappa shape index (κ2) is 9.90. The number of thiocarbonyl (C=S) groups is 1. The first kappa shape index (κ1) is 22.5. The van der Waals surface area contributed by atoms with Crippen LogP contribution >= 0.6 is 12.2 Å². The zero-order valence-electron chi connectivity index (χ0n) is 18.6. The number of amides is 2. The highest BCUT2D eigenvalue weighted by molar-refractivity contribution is 7.80. The van der Waals surface area contributed by atoms with Crippen LogP contribution in [0.5, 0.6) is 11.6 Å². The molecule has 1 aliphatic carbocycles. The Kier molecular flexibility index (Phi) is 6.36. The van der Waals surface area contributed by atoms with E-state index in [1.165, 1.54) is 0 Å². The number of anilines is 2. The van der Waals surface area contributed by atoms with Crippen LogP contribution in [0.4, 0.5) is 11.5 Å². The van der Waals surface area contributed by atoms with E-state index in [2.05, 4.69) is 26.0 Å². The number of benzene rings is 2. The standard InChI is InChI=1S/C25H22N6O3S/c32-22(14-16-4-2-1-3-5-16)29-25(35)26-18-8-10-19(11-9-18)34-23-13-12-21-27-20(15-31(21)30-23)28-24(33)17-6-7-17/h1-5,8-13,15,17H,6-7,14H2,(H,28,33)(H2,26,29,32,35). The predicted molar refractivity (Wildman–Crippen MR) is 135 cm³/mol. The van der Waals surface area contributed by atoms with E-state index >= 15 is 0 Å². The van der Waals surface area contributed by atoms with Crippen molar-refractivity contribution in [1.29, 1.82) is 0 Å². The van der Waals surface area contributed by atoms with Crippen LogP contribution in [0.1, 0.15) is 18.4 Å². The van der Waals surface area contributed by atoms with Gasteiger partial charge in [0.25, 0.3) is 0 Å². The fourth-order valence-electron chi connectivity index (χ4n) is 3.39. The molecule has 0 unspecified atom stereocenters. The molecule has 0 spiro atoms. The van der Waals surface area contributed by atoms with Crippen molar-refractivity contribution in [2.45, 2.75) is 19.3 Å². The minimum Gasteiger partial charge on any atom is -0.438 e. The van der Waals surface area contributed by atoms with Crippen LogP contribution in [0.25, 0.3) is 5.65 Å². The summed E-state index contributed by atoms with van der Waals surface area (Å²) in [7, 11) is 0. The van der Waals surface area contributed by atoms with Crippen LogP contribution < -0.4 is 20.7 Å². The molecule has 3 N–H and O–H groups in total. The molecular weight excluding hydrogens is 464 g/mol. The smallest absolute Gasteiger partial charge is 0.237 e. The molecule has 2 amide bonds. The van der Waals surface area contributed by atoms with Crippen LogP contribution in [-0.4, -0.2) is 31.5 Å². The summed E-state index contributed by atoms with van der Waals surface area (Å²) in [6.45, 7) is 0. The number of hydrogen-bond donors (Lipinski definition) is 3. The van der Waals surface area contributed by atoms with Crippen molar-refractivity contribution < 1.29 is 14.3 Å². The minimum absolute atomic E-state index is 0.00572. The summed E-state index contributed by atoms with van der Waals surface area (Å²) in [6, 6.07) is 20.0. The number of nitrogens with zero attached hydrogens (tertiary/aromatic N) is 3. The van der Waals surface area contributed by atoms with Crippen molar-refractivity contribution in [2.24, 2.45) is 5.92 Å². The van der Waals surface area contributed by atoms with Gasteiger partial charge < -0.3 is 20.7 Å². The highest BCUT2D eigenvalue weighted by atomic mass is 32.1. The topological polar surface area (TPSA) is 110 Å². The third-order valence-electron chi connectivity index (χ3n) is 5.29. The number of rotatable bonds is 7. The van der Waals surface area contributed by atoms with Crippen LogP contribution in [-0.2, 0) is 16.0 Å². The second-order valence-electron chi connectivity index (χ2n) is 8.16. The molecule has 0 aliphatic heterocycles. The number of carbonyl (C=O) groups is 2. The van der Waals surface area contributed by atoms with Gasteiger partial charge in [-0.25, -0.2) is 9.50 Å². The van der Waals surface area contributed by atoms with Crippen molar-refractivity contribution >= 4 is 46.3 Å². The Morgan fingerprint density at radius 1 is 1.00 bits per heavy atom. The zero-order valence-corrected chi connectivity index (χ0v) is 19.4. The summed E-state index contributed by atoms with van der Waals surface area (Å²) < 4.78 is 7.40. The number of fused-ring (bicyclic) bond motifs is 1. The lowest BCUT2D eigenvalue weighted by atomic mass is 10.1. The molecule has 9 nitrogen and oxygen atoms in total. The van der Waals surface area contributed by atoms with Gasteiger partial charge in [-0.3, -0.25) is 9.59 Å². The Hall–Kier alpha value is -4.31. The molecule has 2 aromatic heterocycles. The summed E-state index contributed by atoms with van der Waals surface area (Å²) in [5.74, 6) is 1.32. The zero-order chi connectivity index (χ0) is 24.2. The van der Waals surface area contributed by atoms with E-state index in [0.29, 0.717) is 28.8 Å². The Morgan fingerprint density at radius 2 is 1.77 bits per heavy atom. The fraction of sp³-hybridized carbons (Fsp3) is 0.160. The normalized spacial score (nSPS) is 12.7. The van der Waals surface area contributed by atoms with E-state index in [1.54, 1.807) is 47.1 Å². The Morgan fingerprint density at radius 3 is 2.51 bits per heavy atom. The number of aromatic nitrogens is 3. The van der Waals surface area contributed by atoms with Crippen molar-refractivity contribution in [3.05, 3.63) is 78.5 Å². The van der Waals surface area contributed by atoms with Crippen LogP contribution in [0.2, 0.25) is 0 Å². The Balaban J connectivity index is 1.15. The first-order chi connectivity index (χ1) is 17.0. The first-order valence-electron chi connectivity index (χ1n) is 11.1. The summed E-state index contributed by atoms with van der Waals surface area (Å²) in [6.07, 6.45) is 3.76. The molecule has 5 rings (SSSR count). The van der Waals surface area contributed by atoms with Crippen molar-refractivity contribution in [3.8, 4) is 11.6 Å². The van der Waals surface area contributed by atoms with Crippen molar-refractivity contribution in [2.75, 3.05) is 10.6 Å². The minimum atomic E-state index is -0.190. The van der Waals surface area contributed by atoms with Gasteiger partial charge in [-0.1, -0.05) is 30.3 Å². The molecule has 0 bridgehead atoms. The highest BCUT2D eigenvalue weighted by Gasteiger charge is 2.30. The van der Waals surface area contributed by atoms with Gasteiger partial charge in [0.1, 0.15) is 5.75 Å². The molecule has 2 aromatic carbocycles. The number of carbonyl (C=O) groups excluding carboxylic acids is 2. The van der Waals surface area contributed by atoms with Gasteiger partial charge in [0.2, 0.25) is 17.7 Å². The summed E-state index contributed by atoms with van der Waals surface area (Å²) >= 11 is 5.24. The van der Waals surface area contributed by atoms with Gasteiger partial charge in [-0.15, -0.1) is 5.10 Å². The van der Waals surface area contributed by atoms with Crippen molar-refractivity contribution in [1.82, 2.24) is 19.9 Å². The monoisotopic (exact) mass is 486 g/mol. The molecule has 2 heterocycles. The van der Waals surface area contributed by atoms with E-state index in [-0.39, 0.29) is 29.3 Å². The number of nitrogens with one attached hydrogen (secondary N) is 3. The van der Waals surface area contributed by atoms with E-state index in [4.69, 9.17) is 17.0 Å². The molecule has 1 fully saturated rings. The Bertz CT molecular complexity index is 1380. The van der Waals surface area contributed by atoms with E-state index in [1.807, 2.05) is 30.3 Å². The average molecular weight is 487 g/mol. The fourth-order valence-corrected chi connectivity index (χ4v) is 3.63. The van der Waals surface area contributed by atoms with Gasteiger partial charge in [-0.05, 0) is 61.0 Å². The van der Waals surface area contributed by atoms with E-state index in [0.717, 1.165) is 18.4 Å². The van der Waals surface area contributed by atoms with Gasteiger partial charge >= 0.3 is 0 Å². The molecule has 1 aliphatic rings. The van der Waals surface area contributed by atoms with Crippen LogP contribution in [0.3, 0.4) is 0 Å². The molecular formula is C25H22N6O3S. The van der Waals surface area contributed by atoms with Crippen LogP contribution in [0, 0.1) is 5.92 Å². The molecule has 0 saturated heterocycles. The molecule has 0 radical (unpaired) electrons. The lowest BCUT2D eigenvalue weighted by Gasteiger charge is -2.10. The first-order valence-corrected chi connectivity index (χ1v) is 11.5. The maximum Gasteiger partial charge on any atom is 0.237 e. The molecule has 176 valence electrons. The lowest BCUT2D eigenvalue weighted by Crippen LogP contribution is -2.35. The Labute approximate surface area is 206 Å². The molecule has 35 heavy (non-hydrogen) atoms. The third-order valence-corrected chi connectivity index (χ3v) is 5.49. The van der Waals surface area contributed by atoms with Gasteiger partial charge in [0.05, 0.1) is 12.6 Å². The third kappa shape index (κ3) is 5.98. The predicted octanol–water partition coefficient (Wildman–Crippen LogP) is 3.93. The number of imidazole rings is 1. The van der Waals surface area contributed by atoms with E-state index in [9.17, 15) is 9.59 Å². The largest absolute Gasteiger partial charge is 0.438 e. The molecule has 10 heteroatoms. The average Bonchev–Trinajstić information content (AvgIpc) is 3.61. The van der Waals surface area contributed by atoms with Gasteiger partial charge in [0, 0.05) is 17.7 Å². The SMILES string of the molecule is O=C(Cc1ccccc1)NC(=S)Nc1ccc(Oc2ccc3nc(NC(=O)C4CC4)cn3n2)cc1. The highest BCUT2D eigenvalue weighted by Crippen LogP contribution is 2.30.